The van der Waals surface area contributed by atoms with E-state index in [2.05, 4.69) is 10.3 Å². The normalized spacial score (nSPS) is 13.5. The summed E-state index contributed by atoms with van der Waals surface area (Å²) in [6, 6.07) is 11.4. The maximum atomic E-state index is 14.0. The van der Waals surface area contributed by atoms with Crippen LogP contribution in [0.5, 0.6) is 5.75 Å². The van der Waals surface area contributed by atoms with Crippen LogP contribution in [0.4, 0.5) is 4.39 Å². The maximum absolute atomic E-state index is 14.0. The van der Waals surface area contributed by atoms with Crippen molar-refractivity contribution in [2.45, 2.75) is 12.5 Å². The maximum Gasteiger partial charge on any atom is 0.255 e. The smallest absolute Gasteiger partial charge is 0.255 e. The molecule has 1 aromatic heterocycles. The van der Waals surface area contributed by atoms with Gasteiger partial charge in [-0.1, -0.05) is 29.3 Å². The van der Waals surface area contributed by atoms with E-state index in [0.717, 1.165) is 29.5 Å². The first-order chi connectivity index (χ1) is 13.5. The minimum Gasteiger partial charge on any atom is -0.493 e. The van der Waals surface area contributed by atoms with E-state index in [-0.39, 0.29) is 5.56 Å². The van der Waals surface area contributed by atoms with E-state index in [1.165, 1.54) is 12.3 Å². The number of carbonyl (C=O) groups excluding carboxylic acids is 1. The van der Waals surface area contributed by atoms with Crippen LogP contribution < -0.4 is 10.1 Å². The third kappa shape index (κ3) is 3.68. The number of nitrogens with zero attached hydrogens (tertiary/aromatic N) is 1. The molecule has 4 nitrogen and oxygen atoms in total. The Hall–Kier alpha value is -2.63. The van der Waals surface area contributed by atoms with Crippen molar-refractivity contribution >= 4 is 29.1 Å². The molecule has 0 saturated heterocycles. The minimum atomic E-state index is -0.696. The van der Waals surface area contributed by atoms with Gasteiger partial charge >= 0.3 is 0 Å². The fourth-order valence-corrected chi connectivity index (χ4v) is 3.64. The highest BCUT2D eigenvalue weighted by atomic mass is 35.5. The first kappa shape index (κ1) is 18.7. The number of halogens is 3. The van der Waals surface area contributed by atoms with Crippen molar-refractivity contribution < 1.29 is 13.9 Å². The van der Waals surface area contributed by atoms with Crippen molar-refractivity contribution in [3.05, 3.63) is 93.0 Å². The minimum absolute atomic E-state index is 0.0948. The van der Waals surface area contributed by atoms with Gasteiger partial charge in [0.25, 0.3) is 5.91 Å². The number of carbonyl (C=O) groups is 1. The van der Waals surface area contributed by atoms with Gasteiger partial charge in [-0.3, -0.25) is 9.78 Å². The first-order valence-corrected chi connectivity index (χ1v) is 9.39. The molecular weight excluding hydrogens is 402 g/mol. The quantitative estimate of drug-likeness (QED) is 0.652. The number of fused-ring (bicyclic) bond motifs is 1. The molecule has 1 atom stereocenters. The Morgan fingerprint density at radius 1 is 1.18 bits per heavy atom. The highest BCUT2D eigenvalue weighted by Gasteiger charge is 2.24. The zero-order valence-electron chi connectivity index (χ0n) is 14.6. The van der Waals surface area contributed by atoms with Gasteiger partial charge in [-0.05, 0) is 53.1 Å². The van der Waals surface area contributed by atoms with Crippen molar-refractivity contribution in [2.24, 2.45) is 0 Å². The lowest BCUT2D eigenvalue weighted by Crippen LogP contribution is -2.30. The summed E-state index contributed by atoms with van der Waals surface area (Å²) in [5.74, 6) is -0.442. The van der Waals surface area contributed by atoms with E-state index in [4.69, 9.17) is 27.9 Å². The Labute approximate surface area is 171 Å². The summed E-state index contributed by atoms with van der Waals surface area (Å²) < 4.78 is 19.6. The molecule has 1 aliphatic rings. The second-order valence-electron chi connectivity index (χ2n) is 6.39. The van der Waals surface area contributed by atoms with Crippen molar-refractivity contribution in [2.75, 3.05) is 6.61 Å². The molecule has 0 spiro atoms. The molecule has 1 unspecified atom stereocenters. The highest BCUT2D eigenvalue weighted by Crippen LogP contribution is 2.34. The Kier molecular flexibility index (Phi) is 5.20. The fraction of sp³-hybridized carbons (Fsp3) is 0.143. The summed E-state index contributed by atoms with van der Waals surface area (Å²) in [5.41, 5.74) is 2.37. The van der Waals surface area contributed by atoms with E-state index in [0.29, 0.717) is 22.2 Å². The van der Waals surface area contributed by atoms with Gasteiger partial charge in [-0.25, -0.2) is 4.39 Å². The summed E-state index contributed by atoms with van der Waals surface area (Å²) in [7, 11) is 0. The van der Waals surface area contributed by atoms with Crippen LogP contribution in [0.15, 0.2) is 54.9 Å². The Bertz CT molecular complexity index is 1060. The number of amides is 1. The molecule has 2 aromatic carbocycles. The third-order valence-electron chi connectivity index (χ3n) is 4.61. The molecule has 142 valence electrons. The molecule has 1 amide bonds. The van der Waals surface area contributed by atoms with Crippen LogP contribution in [-0.4, -0.2) is 17.5 Å². The number of nitrogens with one attached hydrogen (secondary N) is 1. The molecule has 1 N–H and O–H groups in total. The highest BCUT2D eigenvalue weighted by molar-refractivity contribution is 6.33. The summed E-state index contributed by atoms with van der Waals surface area (Å²) in [6.45, 7) is 0.621. The van der Waals surface area contributed by atoms with Crippen LogP contribution in [0.1, 0.15) is 33.1 Å². The van der Waals surface area contributed by atoms with Crippen molar-refractivity contribution in [3.8, 4) is 5.75 Å². The molecule has 0 aliphatic carbocycles. The number of rotatable bonds is 4. The molecule has 0 saturated carbocycles. The van der Waals surface area contributed by atoms with Gasteiger partial charge < -0.3 is 10.1 Å². The van der Waals surface area contributed by atoms with Gasteiger partial charge in [0.05, 0.1) is 24.4 Å². The lowest BCUT2D eigenvalue weighted by Gasteiger charge is -2.22. The Morgan fingerprint density at radius 2 is 2.04 bits per heavy atom. The molecule has 0 bridgehead atoms. The molecule has 3 aromatic rings. The molecule has 7 heteroatoms. The lowest BCUT2D eigenvalue weighted by atomic mass is 9.96. The zero-order valence-corrected chi connectivity index (χ0v) is 16.1. The second kappa shape index (κ2) is 7.78. The van der Waals surface area contributed by atoms with E-state index in [1.54, 1.807) is 18.2 Å². The van der Waals surface area contributed by atoms with Crippen LogP contribution in [-0.2, 0) is 6.42 Å². The average molecular weight is 417 g/mol. The fourth-order valence-electron chi connectivity index (χ4n) is 3.23. The van der Waals surface area contributed by atoms with Gasteiger partial charge in [0.2, 0.25) is 0 Å². The summed E-state index contributed by atoms with van der Waals surface area (Å²) in [5, 5.41) is 3.81. The van der Waals surface area contributed by atoms with Crippen molar-refractivity contribution in [1.29, 1.82) is 0 Å². The van der Waals surface area contributed by atoms with E-state index < -0.39 is 17.8 Å². The van der Waals surface area contributed by atoms with Crippen LogP contribution in [0.3, 0.4) is 0 Å². The summed E-state index contributed by atoms with van der Waals surface area (Å²) in [6.07, 6.45) is 3.15. The summed E-state index contributed by atoms with van der Waals surface area (Å²) >= 11 is 12.6. The van der Waals surface area contributed by atoms with Gasteiger partial charge in [0.1, 0.15) is 5.75 Å². The standard InChI is InChI=1S/C21H15Cl2FN2O2/c22-14-2-3-17(23)16(10-14)20(13-1-4-19-12(9-13)6-8-28-19)26-21(27)15-5-7-25-11-18(15)24/h1-5,7,9-11,20H,6,8H2,(H,26,27). The topological polar surface area (TPSA) is 51.2 Å². The lowest BCUT2D eigenvalue weighted by molar-refractivity contribution is 0.0938. The number of aromatic nitrogens is 1. The van der Waals surface area contributed by atoms with Gasteiger partial charge in [-0.2, -0.15) is 0 Å². The molecule has 2 heterocycles. The summed E-state index contributed by atoms with van der Waals surface area (Å²) in [4.78, 5) is 16.5. The van der Waals surface area contributed by atoms with Crippen LogP contribution in [0, 0.1) is 5.82 Å². The largest absolute Gasteiger partial charge is 0.493 e. The predicted octanol–water partition coefficient (Wildman–Crippen LogP) is 4.98. The number of pyridine rings is 1. The molecule has 0 fully saturated rings. The third-order valence-corrected chi connectivity index (χ3v) is 5.19. The molecule has 4 rings (SSSR count). The number of ether oxygens (including phenoxy) is 1. The molecular formula is C21H15Cl2FN2O2. The Balaban J connectivity index is 1.77. The predicted molar refractivity (Wildman–Crippen MR) is 106 cm³/mol. The van der Waals surface area contributed by atoms with Gasteiger partial charge in [-0.15, -0.1) is 0 Å². The van der Waals surface area contributed by atoms with Crippen LogP contribution in [0.2, 0.25) is 10.0 Å². The van der Waals surface area contributed by atoms with Crippen LogP contribution >= 0.6 is 23.2 Å². The molecule has 1 aliphatic heterocycles. The number of hydrogen-bond acceptors (Lipinski definition) is 3. The second-order valence-corrected chi connectivity index (χ2v) is 7.24. The number of benzene rings is 2. The van der Waals surface area contributed by atoms with Gasteiger partial charge in [0.15, 0.2) is 5.82 Å². The van der Waals surface area contributed by atoms with E-state index in [9.17, 15) is 9.18 Å². The monoisotopic (exact) mass is 416 g/mol. The molecule has 28 heavy (non-hydrogen) atoms. The van der Waals surface area contributed by atoms with Crippen molar-refractivity contribution in [1.82, 2.24) is 10.3 Å². The SMILES string of the molecule is O=C(NC(c1ccc2c(c1)CCO2)c1cc(Cl)ccc1Cl)c1ccncc1F. The van der Waals surface area contributed by atoms with E-state index >= 15 is 0 Å². The van der Waals surface area contributed by atoms with Crippen molar-refractivity contribution in [3.63, 3.8) is 0 Å². The van der Waals surface area contributed by atoms with Crippen LogP contribution in [0.25, 0.3) is 0 Å². The first-order valence-electron chi connectivity index (χ1n) is 8.64. The molecule has 0 radical (unpaired) electrons. The zero-order chi connectivity index (χ0) is 19.7. The number of hydrogen-bond donors (Lipinski definition) is 1. The van der Waals surface area contributed by atoms with E-state index in [1.807, 2.05) is 18.2 Å². The Morgan fingerprint density at radius 3 is 2.86 bits per heavy atom. The average Bonchev–Trinajstić information content (AvgIpc) is 3.16. The van der Waals surface area contributed by atoms with Gasteiger partial charge in [0, 0.05) is 22.7 Å².